The highest BCUT2D eigenvalue weighted by Crippen LogP contribution is 2.60. The maximum absolute atomic E-state index is 11.9. The van der Waals surface area contributed by atoms with Gasteiger partial charge in [0.15, 0.2) is 0 Å². The number of nitrogens with zero attached hydrogens (tertiary/aromatic N) is 1. The van der Waals surface area contributed by atoms with Crippen LogP contribution in [0.5, 0.6) is 0 Å². The van der Waals surface area contributed by atoms with Crippen molar-refractivity contribution in [2.75, 3.05) is 27.2 Å². The van der Waals surface area contributed by atoms with Crippen molar-refractivity contribution in [1.82, 2.24) is 10.2 Å². The first kappa shape index (κ1) is 12.5. The minimum Gasteiger partial charge on any atom is -0.344 e. The van der Waals surface area contributed by atoms with Gasteiger partial charge in [-0.05, 0) is 68.7 Å². The molecule has 3 heteroatoms. The van der Waals surface area contributed by atoms with Gasteiger partial charge in [-0.15, -0.1) is 0 Å². The molecule has 4 aliphatic rings. The smallest absolute Gasteiger partial charge is 0.236 e. The third-order valence-corrected chi connectivity index (χ3v) is 5.49. The molecule has 0 saturated heterocycles. The van der Waals surface area contributed by atoms with E-state index in [1.165, 1.54) is 38.5 Å². The number of hydrogen-bond acceptors (Lipinski definition) is 2. The number of rotatable bonds is 4. The monoisotopic (exact) mass is 250 g/mol. The lowest BCUT2D eigenvalue weighted by atomic mass is 9.49. The molecule has 0 aromatic rings. The van der Waals surface area contributed by atoms with Gasteiger partial charge in [-0.2, -0.15) is 0 Å². The van der Waals surface area contributed by atoms with Gasteiger partial charge in [0.1, 0.15) is 0 Å². The zero-order valence-electron chi connectivity index (χ0n) is 11.7. The highest BCUT2D eigenvalue weighted by molar-refractivity contribution is 5.77. The molecule has 102 valence electrons. The van der Waals surface area contributed by atoms with Gasteiger partial charge in [-0.25, -0.2) is 0 Å². The molecule has 0 aromatic heterocycles. The average molecular weight is 250 g/mol. The van der Waals surface area contributed by atoms with Gasteiger partial charge in [-0.3, -0.25) is 4.79 Å². The lowest BCUT2D eigenvalue weighted by Crippen LogP contribution is -2.52. The van der Waals surface area contributed by atoms with Crippen molar-refractivity contribution in [3.8, 4) is 0 Å². The largest absolute Gasteiger partial charge is 0.344 e. The first-order valence-corrected chi connectivity index (χ1v) is 7.49. The predicted molar refractivity (Wildman–Crippen MR) is 72.2 cm³/mol. The van der Waals surface area contributed by atoms with Crippen LogP contribution in [0.25, 0.3) is 0 Å². The SMILES string of the molecule is CNCC(=O)N(C)CC12CC3CC(CC(C3)C1)C2. The molecule has 0 radical (unpaired) electrons. The molecule has 1 N–H and O–H groups in total. The van der Waals surface area contributed by atoms with Gasteiger partial charge in [-0.1, -0.05) is 0 Å². The van der Waals surface area contributed by atoms with Gasteiger partial charge in [0.2, 0.25) is 5.91 Å². The predicted octanol–water partition coefficient (Wildman–Crippen LogP) is 1.88. The van der Waals surface area contributed by atoms with Crippen LogP contribution in [0.1, 0.15) is 38.5 Å². The summed E-state index contributed by atoms with van der Waals surface area (Å²) in [6.45, 7) is 1.47. The fourth-order valence-electron chi connectivity index (χ4n) is 5.36. The lowest BCUT2D eigenvalue weighted by Gasteiger charge is -2.57. The topological polar surface area (TPSA) is 32.3 Å². The van der Waals surface area contributed by atoms with Crippen molar-refractivity contribution in [1.29, 1.82) is 0 Å². The van der Waals surface area contributed by atoms with Gasteiger partial charge >= 0.3 is 0 Å². The Labute approximate surface area is 110 Å². The Bertz CT molecular complexity index is 304. The van der Waals surface area contributed by atoms with E-state index in [1.54, 1.807) is 0 Å². The van der Waals surface area contributed by atoms with E-state index in [1.807, 2.05) is 19.0 Å². The van der Waals surface area contributed by atoms with Crippen molar-refractivity contribution >= 4 is 5.91 Å². The quantitative estimate of drug-likeness (QED) is 0.826. The van der Waals surface area contributed by atoms with Crippen molar-refractivity contribution in [2.24, 2.45) is 23.2 Å². The third kappa shape index (κ3) is 2.18. The number of nitrogens with one attached hydrogen (secondary N) is 1. The van der Waals surface area contributed by atoms with Crippen LogP contribution in [0.2, 0.25) is 0 Å². The Morgan fingerprint density at radius 3 is 2.11 bits per heavy atom. The number of hydrogen-bond donors (Lipinski definition) is 1. The normalized spacial score (nSPS) is 41.1. The standard InChI is InChI=1S/C15H26N2O/c1-16-9-14(18)17(2)10-15-6-11-3-12(7-15)5-13(4-11)8-15/h11-13,16H,3-10H2,1-2H3. The summed E-state index contributed by atoms with van der Waals surface area (Å²) in [6.07, 6.45) is 8.59. The third-order valence-electron chi connectivity index (χ3n) is 5.49. The highest BCUT2D eigenvalue weighted by atomic mass is 16.2. The maximum atomic E-state index is 11.9. The Kier molecular flexibility index (Phi) is 3.13. The van der Waals surface area contributed by atoms with E-state index in [9.17, 15) is 4.79 Å². The molecule has 0 aromatic carbocycles. The maximum Gasteiger partial charge on any atom is 0.236 e. The van der Waals surface area contributed by atoms with Crippen LogP contribution in [0.3, 0.4) is 0 Å². The van der Waals surface area contributed by atoms with Gasteiger partial charge in [0.05, 0.1) is 6.54 Å². The summed E-state index contributed by atoms with van der Waals surface area (Å²) in [5.41, 5.74) is 0.479. The van der Waals surface area contributed by atoms with Crippen LogP contribution < -0.4 is 5.32 Å². The molecule has 4 aliphatic carbocycles. The highest BCUT2D eigenvalue weighted by Gasteiger charge is 2.51. The van der Waals surface area contributed by atoms with E-state index in [2.05, 4.69) is 5.32 Å². The minimum atomic E-state index is 0.244. The van der Waals surface area contributed by atoms with Crippen LogP contribution in [0.15, 0.2) is 0 Å². The summed E-state index contributed by atoms with van der Waals surface area (Å²) in [4.78, 5) is 13.9. The van der Waals surface area contributed by atoms with Crippen LogP contribution in [-0.2, 0) is 4.79 Å². The van der Waals surface area contributed by atoms with E-state index in [4.69, 9.17) is 0 Å². The van der Waals surface area contributed by atoms with Gasteiger partial charge in [0.25, 0.3) is 0 Å². The van der Waals surface area contributed by atoms with Crippen LogP contribution >= 0.6 is 0 Å². The average Bonchev–Trinajstić information content (AvgIpc) is 2.26. The summed E-state index contributed by atoms with van der Waals surface area (Å²) in [7, 11) is 3.83. The first-order valence-electron chi connectivity index (χ1n) is 7.49. The van der Waals surface area contributed by atoms with Gasteiger partial charge in [0, 0.05) is 13.6 Å². The molecule has 0 spiro atoms. The minimum absolute atomic E-state index is 0.244. The van der Waals surface area contributed by atoms with E-state index in [0.29, 0.717) is 12.0 Å². The first-order chi connectivity index (χ1) is 8.60. The summed E-state index contributed by atoms with van der Waals surface area (Å²) >= 11 is 0. The molecule has 4 rings (SSSR count). The van der Waals surface area contributed by atoms with E-state index in [-0.39, 0.29) is 5.91 Å². The molecule has 18 heavy (non-hydrogen) atoms. The van der Waals surface area contributed by atoms with Crippen molar-refractivity contribution < 1.29 is 4.79 Å². The molecule has 4 saturated carbocycles. The molecule has 1 amide bonds. The fourth-order valence-corrected chi connectivity index (χ4v) is 5.36. The van der Waals surface area contributed by atoms with Crippen molar-refractivity contribution in [2.45, 2.75) is 38.5 Å². The number of carbonyl (C=O) groups is 1. The van der Waals surface area contributed by atoms with Crippen molar-refractivity contribution in [3.05, 3.63) is 0 Å². The van der Waals surface area contributed by atoms with E-state index in [0.717, 1.165) is 24.3 Å². The molecule has 0 aliphatic heterocycles. The fraction of sp³-hybridized carbons (Fsp3) is 0.933. The molecule has 0 unspecified atom stereocenters. The van der Waals surface area contributed by atoms with E-state index >= 15 is 0 Å². The van der Waals surface area contributed by atoms with Crippen LogP contribution in [0, 0.1) is 23.2 Å². The molecule has 0 atom stereocenters. The molecular weight excluding hydrogens is 224 g/mol. The Morgan fingerprint density at radius 2 is 1.67 bits per heavy atom. The molecule has 0 heterocycles. The van der Waals surface area contributed by atoms with Gasteiger partial charge < -0.3 is 10.2 Å². The zero-order valence-corrected chi connectivity index (χ0v) is 11.7. The molecule has 4 fully saturated rings. The number of carbonyl (C=O) groups excluding carboxylic acids is 1. The summed E-state index contributed by atoms with van der Waals surface area (Å²) in [5, 5.41) is 2.97. The second kappa shape index (κ2) is 4.52. The molecule has 4 bridgehead atoms. The zero-order chi connectivity index (χ0) is 12.8. The van der Waals surface area contributed by atoms with Crippen molar-refractivity contribution in [3.63, 3.8) is 0 Å². The molecule has 3 nitrogen and oxygen atoms in total. The number of likely N-dealkylation sites (N-methyl/N-ethyl adjacent to an activating group) is 2. The second-order valence-corrected chi connectivity index (χ2v) is 7.20. The van der Waals surface area contributed by atoms with Crippen LogP contribution in [0.4, 0.5) is 0 Å². The Morgan fingerprint density at radius 1 is 1.17 bits per heavy atom. The van der Waals surface area contributed by atoms with E-state index < -0.39 is 0 Å². The lowest BCUT2D eigenvalue weighted by molar-refractivity contribution is -0.134. The Balaban J connectivity index is 1.66. The summed E-state index contributed by atoms with van der Waals surface area (Å²) < 4.78 is 0. The number of amides is 1. The summed E-state index contributed by atoms with van der Waals surface area (Å²) in [6, 6.07) is 0. The Hall–Kier alpha value is -0.570. The summed E-state index contributed by atoms with van der Waals surface area (Å²) in [5.74, 6) is 3.17. The second-order valence-electron chi connectivity index (χ2n) is 7.20. The molecular formula is C15H26N2O. The van der Waals surface area contributed by atoms with Crippen LogP contribution in [-0.4, -0.2) is 38.0 Å².